The number of nitrogens with one attached hydrogen (secondary N) is 1. The lowest BCUT2D eigenvalue weighted by atomic mass is 9.87. The number of fused-ring (bicyclic) bond motifs is 1. The molecule has 2 rings (SSSR count). The Labute approximate surface area is 136 Å². The van der Waals surface area contributed by atoms with Gasteiger partial charge in [0.2, 0.25) is 12.3 Å². The first-order chi connectivity index (χ1) is 10.8. The Morgan fingerprint density at radius 2 is 2.17 bits per heavy atom. The van der Waals surface area contributed by atoms with Gasteiger partial charge in [0.15, 0.2) is 0 Å². The predicted octanol–water partition coefficient (Wildman–Crippen LogP) is 1.78. The van der Waals surface area contributed by atoms with Crippen molar-refractivity contribution in [1.82, 2.24) is 15.2 Å². The Balaban J connectivity index is 2.32. The molecule has 0 bridgehead atoms. The molecule has 0 saturated carbocycles. The minimum absolute atomic E-state index is 0.104. The third-order valence-electron chi connectivity index (χ3n) is 4.09. The Morgan fingerprint density at radius 1 is 1.48 bits per heavy atom. The number of aromatic nitrogens is 1. The molecule has 1 unspecified atom stereocenters. The van der Waals surface area contributed by atoms with E-state index in [4.69, 9.17) is 0 Å². The highest BCUT2D eigenvalue weighted by atomic mass is 16.2. The van der Waals surface area contributed by atoms with E-state index in [-0.39, 0.29) is 11.3 Å². The van der Waals surface area contributed by atoms with Crippen molar-refractivity contribution < 1.29 is 14.4 Å². The second-order valence-electron chi connectivity index (χ2n) is 6.83. The molecule has 1 atom stereocenters. The van der Waals surface area contributed by atoms with Crippen molar-refractivity contribution in [3.05, 3.63) is 29.1 Å². The lowest BCUT2D eigenvalue weighted by molar-refractivity contribution is -0.129. The Bertz CT molecular complexity index is 634. The molecule has 0 fully saturated rings. The summed E-state index contributed by atoms with van der Waals surface area (Å²) < 4.78 is 0. The summed E-state index contributed by atoms with van der Waals surface area (Å²) in [6, 6.07) is 1.22. The van der Waals surface area contributed by atoms with Gasteiger partial charge in [-0.25, -0.2) is 0 Å². The van der Waals surface area contributed by atoms with Gasteiger partial charge >= 0.3 is 0 Å². The molecule has 1 aromatic rings. The summed E-state index contributed by atoms with van der Waals surface area (Å²) in [6.07, 6.45) is 3.38. The smallest absolute Gasteiger partial charge is 0.256 e. The Hall–Kier alpha value is -2.24. The van der Waals surface area contributed by atoms with Gasteiger partial charge in [-0.3, -0.25) is 24.7 Å². The highest BCUT2D eigenvalue weighted by Gasteiger charge is 2.37. The highest BCUT2D eigenvalue weighted by molar-refractivity contribution is 6.01. The summed E-state index contributed by atoms with van der Waals surface area (Å²) in [4.78, 5) is 41.3. The number of carbonyl (C=O) groups excluding carboxylic acids is 3. The van der Waals surface area contributed by atoms with E-state index in [1.165, 1.54) is 4.90 Å². The van der Waals surface area contributed by atoms with Crippen molar-refractivity contribution >= 4 is 18.2 Å². The average Bonchev–Trinajstić information content (AvgIpc) is 2.80. The molecule has 124 valence electrons. The van der Waals surface area contributed by atoms with Crippen LogP contribution in [0.5, 0.6) is 0 Å². The van der Waals surface area contributed by atoms with Crippen LogP contribution < -0.4 is 5.32 Å². The van der Waals surface area contributed by atoms with Crippen LogP contribution in [0.3, 0.4) is 0 Å². The van der Waals surface area contributed by atoms with Gasteiger partial charge in [0, 0.05) is 6.20 Å². The van der Waals surface area contributed by atoms with Crippen molar-refractivity contribution in [2.45, 2.75) is 58.5 Å². The minimum atomic E-state index is -0.648. The zero-order valence-electron chi connectivity index (χ0n) is 14.0. The Kier molecular flexibility index (Phi) is 4.82. The first-order valence-electron chi connectivity index (χ1n) is 7.84. The van der Waals surface area contributed by atoms with Gasteiger partial charge in [-0.2, -0.15) is 0 Å². The summed E-state index contributed by atoms with van der Waals surface area (Å²) in [5.74, 6) is -0.642. The predicted molar refractivity (Wildman–Crippen MR) is 85.7 cm³/mol. The highest BCUT2D eigenvalue weighted by Crippen LogP contribution is 2.29. The number of nitrogens with zero attached hydrogens (tertiary/aromatic N) is 2. The normalized spacial score (nSPS) is 15.3. The summed E-state index contributed by atoms with van der Waals surface area (Å²) in [5, 5.41) is 2.16. The van der Waals surface area contributed by atoms with Crippen LogP contribution in [0.2, 0.25) is 0 Å². The zero-order valence-corrected chi connectivity index (χ0v) is 14.0. The molecular formula is C17H23N3O3. The lowest BCUT2D eigenvalue weighted by Crippen LogP contribution is -2.46. The fourth-order valence-electron chi connectivity index (χ4n) is 2.71. The maximum atomic E-state index is 12.7. The number of hydrogen-bond donors (Lipinski definition) is 1. The van der Waals surface area contributed by atoms with E-state index >= 15 is 0 Å². The third-order valence-corrected chi connectivity index (χ3v) is 4.09. The van der Waals surface area contributed by atoms with Crippen LogP contribution >= 0.6 is 0 Å². The van der Waals surface area contributed by atoms with Gasteiger partial charge in [0.25, 0.3) is 5.91 Å². The molecule has 0 aromatic carbocycles. The molecule has 23 heavy (non-hydrogen) atoms. The van der Waals surface area contributed by atoms with Gasteiger partial charge in [-0.1, -0.05) is 34.1 Å². The second kappa shape index (κ2) is 6.48. The molecular weight excluding hydrogens is 294 g/mol. The van der Waals surface area contributed by atoms with Crippen LogP contribution in [0.1, 0.15) is 62.2 Å². The number of pyridine rings is 1. The molecule has 3 amide bonds. The summed E-state index contributed by atoms with van der Waals surface area (Å²) in [6.45, 7) is 8.42. The molecule has 6 heteroatoms. The fourth-order valence-corrected chi connectivity index (χ4v) is 2.71. The number of rotatable bonds is 5. The maximum absolute atomic E-state index is 12.7. The lowest BCUT2D eigenvalue weighted by Gasteiger charge is -2.25. The van der Waals surface area contributed by atoms with Crippen molar-refractivity contribution in [3.63, 3.8) is 0 Å². The van der Waals surface area contributed by atoms with Gasteiger partial charge in [-0.15, -0.1) is 0 Å². The van der Waals surface area contributed by atoms with E-state index in [9.17, 15) is 14.4 Å². The van der Waals surface area contributed by atoms with Crippen LogP contribution in [0.25, 0.3) is 0 Å². The van der Waals surface area contributed by atoms with Gasteiger partial charge in [0.05, 0.1) is 17.8 Å². The van der Waals surface area contributed by atoms with Crippen LogP contribution in [-0.2, 0) is 21.5 Å². The summed E-state index contributed by atoms with van der Waals surface area (Å²) in [5.41, 5.74) is 2.12. The number of imide groups is 1. The molecule has 6 nitrogen and oxygen atoms in total. The van der Waals surface area contributed by atoms with E-state index in [1.807, 2.05) is 13.0 Å². The fraction of sp³-hybridized carbons (Fsp3) is 0.529. The van der Waals surface area contributed by atoms with Gasteiger partial charge in [0.1, 0.15) is 6.04 Å². The molecule has 0 saturated heterocycles. The minimum Gasteiger partial charge on any atom is -0.321 e. The van der Waals surface area contributed by atoms with Crippen LogP contribution in [0.15, 0.2) is 12.3 Å². The average molecular weight is 317 g/mol. The molecule has 1 N–H and O–H groups in total. The quantitative estimate of drug-likeness (QED) is 0.840. The first-order valence-corrected chi connectivity index (χ1v) is 7.84. The topological polar surface area (TPSA) is 79.4 Å². The SMILES string of the molecule is CCCC(C(=O)NC=O)N1Cc2ncc(C(C)(C)C)cc2C1=O. The number of carbonyl (C=O) groups is 3. The first kappa shape index (κ1) is 17.1. The molecule has 2 heterocycles. The summed E-state index contributed by atoms with van der Waals surface area (Å²) >= 11 is 0. The molecule has 0 spiro atoms. The van der Waals surface area contributed by atoms with Gasteiger partial charge < -0.3 is 4.90 Å². The van der Waals surface area contributed by atoms with Crippen LogP contribution in [-0.4, -0.2) is 34.2 Å². The number of hydrogen-bond acceptors (Lipinski definition) is 4. The standard InChI is InChI=1S/C17H23N3O3/c1-5-6-14(15(22)19-10-21)20-9-13-12(16(20)23)7-11(8-18-13)17(2,3)4/h7-8,10,14H,5-6,9H2,1-4H3,(H,19,21,22). The van der Waals surface area contributed by atoms with Crippen molar-refractivity contribution in [1.29, 1.82) is 0 Å². The summed E-state index contributed by atoms with van der Waals surface area (Å²) in [7, 11) is 0. The van der Waals surface area contributed by atoms with E-state index < -0.39 is 11.9 Å². The van der Waals surface area contributed by atoms with Crippen molar-refractivity contribution in [2.75, 3.05) is 0 Å². The monoisotopic (exact) mass is 317 g/mol. The zero-order chi connectivity index (χ0) is 17.2. The van der Waals surface area contributed by atoms with Crippen molar-refractivity contribution in [2.24, 2.45) is 0 Å². The molecule has 0 radical (unpaired) electrons. The maximum Gasteiger partial charge on any atom is 0.256 e. The van der Waals surface area contributed by atoms with E-state index in [2.05, 4.69) is 31.1 Å². The van der Waals surface area contributed by atoms with Crippen LogP contribution in [0.4, 0.5) is 0 Å². The van der Waals surface area contributed by atoms with Gasteiger partial charge in [-0.05, 0) is 23.5 Å². The van der Waals surface area contributed by atoms with E-state index in [1.54, 1.807) is 6.20 Å². The third kappa shape index (κ3) is 3.41. The molecule has 1 aliphatic rings. The van der Waals surface area contributed by atoms with E-state index in [0.29, 0.717) is 30.6 Å². The second-order valence-corrected chi connectivity index (χ2v) is 6.83. The largest absolute Gasteiger partial charge is 0.321 e. The van der Waals surface area contributed by atoms with E-state index in [0.717, 1.165) is 12.0 Å². The molecule has 1 aromatic heterocycles. The molecule has 0 aliphatic carbocycles. The number of amides is 3. The Morgan fingerprint density at radius 3 is 2.74 bits per heavy atom. The molecule has 1 aliphatic heterocycles. The van der Waals surface area contributed by atoms with Crippen molar-refractivity contribution in [3.8, 4) is 0 Å². The van der Waals surface area contributed by atoms with Crippen LogP contribution in [0, 0.1) is 0 Å².